The van der Waals surface area contributed by atoms with Crippen LogP contribution in [0, 0.1) is 0 Å². The van der Waals surface area contributed by atoms with E-state index in [1.54, 1.807) is 0 Å². The standard InChI is InChI=1S/C62H47NO/c1-2-15-45(16-3-1)53-26-13-19-47-20-14-27-56(62(47)53)54-23-7-10-29-59(54)63(58-28-9-6-22-52(58)48-37-40-61-57(41-48)55-24-8-11-30-60(55)64-61)49-38-35-43(36-39-49)42-31-33-46(34-32-42)51-25-12-18-44-17-4-5-21-50(44)51/h4-14,17-41,45H,1-3,15-16H2. The normalized spacial score (nSPS) is 13.2. The Bertz CT molecular complexity index is 3470. The molecule has 1 aromatic heterocycles. The largest absolute Gasteiger partial charge is 0.456 e. The number of hydrogen-bond acceptors (Lipinski definition) is 2. The number of hydrogen-bond donors (Lipinski definition) is 0. The highest BCUT2D eigenvalue weighted by atomic mass is 16.3. The van der Waals surface area contributed by atoms with Crippen LogP contribution in [0.2, 0.25) is 0 Å². The zero-order valence-electron chi connectivity index (χ0n) is 35.8. The SMILES string of the molecule is c1ccc(N(c2ccc(-c3ccc(-c4cccc5ccccc45)cc3)cc2)c2ccccc2-c2cccc3cccc(C4CCCCC4)c23)c(-c2ccc3oc4ccccc4c3c2)c1. The van der Waals surface area contributed by atoms with Crippen molar-refractivity contribution in [2.75, 3.05) is 4.90 Å². The van der Waals surface area contributed by atoms with E-state index in [1.807, 2.05) is 6.07 Å². The van der Waals surface area contributed by atoms with Gasteiger partial charge in [0.05, 0.1) is 11.4 Å². The predicted octanol–water partition coefficient (Wildman–Crippen LogP) is 18.1. The lowest BCUT2D eigenvalue weighted by Crippen LogP contribution is -2.12. The van der Waals surface area contributed by atoms with Crippen molar-refractivity contribution in [2.45, 2.75) is 38.0 Å². The summed E-state index contributed by atoms with van der Waals surface area (Å²) in [5.41, 5.74) is 16.3. The fourth-order valence-electron chi connectivity index (χ4n) is 10.6. The molecule has 0 N–H and O–H groups in total. The Morgan fingerprint density at radius 3 is 1.70 bits per heavy atom. The molecule has 0 aliphatic heterocycles. The molecule has 1 saturated carbocycles. The second-order valence-electron chi connectivity index (χ2n) is 17.4. The molecule has 64 heavy (non-hydrogen) atoms. The Hall–Kier alpha value is -7.68. The molecule has 10 aromatic carbocycles. The fourth-order valence-corrected chi connectivity index (χ4v) is 10.6. The monoisotopic (exact) mass is 821 g/mol. The van der Waals surface area contributed by atoms with E-state index >= 15 is 0 Å². The Balaban J connectivity index is 1.01. The lowest BCUT2D eigenvalue weighted by atomic mass is 9.80. The maximum Gasteiger partial charge on any atom is 0.135 e. The van der Waals surface area contributed by atoms with Gasteiger partial charge in [-0.05, 0) is 122 Å². The van der Waals surface area contributed by atoms with Crippen LogP contribution in [0.5, 0.6) is 0 Å². The van der Waals surface area contributed by atoms with Crippen LogP contribution < -0.4 is 4.90 Å². The van der Waals surface area contributed by atoms with E-state index in [0.29, 0.717) is 5.92 Å². The van der Waals surface area contributed by atoms with Crippen LogP contribution in [-0.2, 0) is 0 Å². The van der Waals surface area contributed by atoms with Gasteiger partial charge in [0.1, 0.15) is 11.2 Å². The minimum Gasteiger partial charge on any atom is -0.456 e. The van der Waals surface area contributed by atoms with Gasteiger partial charge in [-0.15, -0.1) is 0 Å². The number of anilines is 3. The minimum atomic E-state index is 0.574. The van der Waals surface area contributed by atoms with Crippen LogP contribution in [-0.4, -0.2) is 0 Å². The van der Waals surface area contributed by atoms with Crippen molar-refractivity contribution in [1.82, 2.24) is 0 Å². The number of benzene rings is 10. The Morgan fingerprint density at radius 2 is 0.906 bits per heavy atom. The van der Waals surface area contributed by atoms with E-state index in [9.17, 15) is 0 Å². The van der Waals surface area contributed by atoms with Crippen molar-refractivity contribution in [3.63, 3.8) is 0 Å². The predicted molar refractivity (Wildman–Crippen MR) is 271 cm³/mol. The van der Waals surface area contributed by atoms with Gasteiger partial charge >= 0.3 is 0 Å². The first kappa shape index (κ1) is 38.0. The molecule has 0 radical (unpaired) electrons. The maximum atomic E-state index is 6.30. The molecule has 2 nitrogen and oxygen atoms in total. The zero-order valence-corrected chi connectivity index (χ0v) is 35.8. The average molecular weight is 822 g/mol. The third-order valence-corrected chi connectivity index (χ3v) is 13.7. The second kappa shape index (κ2) is 16.2. The number of furan rings is 1. The van der Waals surface area contributed by atoms with Crippen LogP contribution in [0.1, 0.15) is 43.6 Å². The van der Waals surface area contributed by atoms with Crippen LogP contribution in [0.3, 0.4) is 0 Å². The fraction of sp³-hybridized carbons (Fsp3) is 0.0968. The highest BCUT2D eigenvalue weighted by Gasteiger charge is 2.24. The first-order chi connectivity index (χ1) is 31.7. The van der Waals surface area contributed by atoms with E-state index in [-0.39, 0.29) is 0 Å². The van der Waals surface area contributed by atoms with Gasteiger partial charge in [-0.3, -0.25) is 0 Å². The van der Waals surface area contributed by atoms with Crippen LogP contribution in [0.15, 0.2) is 223 Å². The maximum absolute atomic E-state index is 6.30. The van der Waals surface area contributed by atoms with E-state index in [0.717, 1.165) is 50.1 Å². The van der Waals surface area contributed by atoms with Gasteiger partial charge in [0.2, 0.25) is 0 Å². The van der Waals surface area contributed by atoms with Crippen molar-refractivity contribution < 1.29 is 4.42 Å². The van der Waals surface area contributed by atoms with Crippen LogP contribution >= 0.6 is 0 Å². The van der Waals surface area contributed by atoms with E-state index < -0.39 is 0 Å². The topological polar surface area (TPSA) is 16.4 Å². The van der Waals surface area contributed by atoms with Crippen molar-refractivity contribution >= 4 is 60.5 Å². The molecule has 1 aliphatic rings. The molecule has 306 valence electrons. The molecule has 1 heterocycles. The summed E-state index contributed by atoms with van der Waals surface area (Å²) in [6.45, 7) is 0. The van der Waals surface area contributed by atoms with Gasteiger partial charge in [-0.2, -0.15) is 0 Å². The molecule has 0 spiro atoms. The lowest BCUT2D eigenvalue weighted by Gasteiger charge is -2.31. The summed E-state index contributed by atoms with van der Waals surface area (Å²) in [7, 11) is 0. The van der Waals surface area contributed by atoms with Gasteiger partial charge in [0.15, 0.2) is 0 Å². The Morgan fingerprint density at radius 1 is 0.359 bits per heavy atom. The molecule has 12 rings (SSSR count). The van der Waals surface area contributed by atoms with Gasteiger partial charge in [0, 0.05) is 27.6 Å². The van der Waals surface area contributed by atoms with E-state index in [2.05, 4.69) is 217 Å². The Kier molecular flexibility index (Phi) is 9.64. The first-order valence-corrected chi connectivity index (χ1v) is 22.9. The molecule has 0 saturated heterocycles. The number of nitrogens with zero attached hydrogens (tertiary/aromatic N) is 1. The quantitative estimate of drug-likeness (QED) is 0.152. The highest BCUT2D eigenvalue weighted by molar-refractivity contribution is 6.08. The zero-order chi connectivity index (χ0) is 42.4. The smallest absolute Gasteiger partial charge is 0.135 e. The van der Waals surface area contributed by atoms with Crippen LogP contribution in [0.4, 0.5) is 17.1 Å². The van der Waals surface area contributed by atoms with Crippen molar-refractivity contribution in [3.05, 3.63) is 224 Å². The summed E-state index contributed by atoms with van der Waals surface area (Å²) in [6.07, 6.45) is 6.45. The van der Waals surface area contributed by atoms with Gasteiger partial charge in [0.25, 0.3) is 0 Å². The molecule has 1 aliphatic carbocycles. The van der Waals surface area contributed by atoms with E-state index in [4.69, 9.17) is 4.42 Å². The summed E-state index contributed by atoms with van der Waals surface area (Å²) in [4.78, 5) is 2.48. The molecule has 2 heteroatoms. The molecule has 0 atom stereocenters. The third kappa shape index (κ3) is 6.74. The lowest BCUT2D eigenvalue weighted by molar-refractivity contribution is 0.445. The number of rotatable bonds is 8. The highest BCUT2D eigenvalue weighted by Crippen LogP contribution is 2.48. The minimum absolute atomic E-state index is 0.574. The summed E-state index contributed by atoms with van der Waals surface area (Å²) < 4.78 is 6.30. The van der Waals surface area contributed by atoms with Crippen molar-refractivity contribution in [3.8, 4) is 44.5 Å². The van der Waals surface area contributed by atoms with Crippen molar-refractivity contribution in [1.29, 1.82) is 0 Å². The first-order valence-electron chi connectivity index (χ1n) is 22.9. The van der Waals surface area contributed by atoms with Crippen molar-refractivity contribution in [2.24, 2.45) is 0 Å². The summed E-state index contributed by atoms with van der Waals surface area (Å²) in [6, 6.07) is 80.1. The molecule has 11 aromatic rings. The van der Waals surface area contributed by atoms with E-state index in [1.165, 1.54) is 92.6 Å². The molecule has 0 bridgehead atoms. The third-order valence-electron chi connectivity index (χ3n) is 13.7. The molecule has 0 unspecified atom stereocenters. The Labute approximate surface area is 374 Å². The van der Waals surface area contributed by atoms with Gasteiger partial charge < -0.3 is 9.32 Å². The number of fused-ring (bicyclic) bond motifs is 5. The molecule has 0 amide bonds. The van der Waals surface area contributed by atoms with Gasteiger partial charge in [-0.25, -0.2) is 0 Å². The van der Waals surface area contributed by atoms with Gasteiger partial charge in [-0.1, -0.05) is 195 Å². The second-order valence-corrected chi connectivity index (χ2v) is 17.4. The summed E-state index contributed by atoms with van der Waals surface area (Å²) in [5, 5.41) is 7.47. The number of para-hydroxylation sites is 3. The molecular weight excluding hydrogens is 775 g/mol. The van der Waals surface area contributed by atoms with Crippen LogP contribution in [0.25, 0.3) is 88.0 Å². The average Bonchev–Trinajstić information content (AvgIpc) is 3.75. The molecule has 1 fully saturated rings. The molecular formula is C62H47NO. The summed E-state index contributed by atoms with van der Waals surface area (Å²) >= 11 is 0. The summed E-state index contributed by atoms with van der Waals surface area (Å²) in [5.74, 6) is 0.574.